The standard InChI is InChI=1S/C20H18Cl2N4O4S/c1-2-28-15-6-3-13(4-7-15)10-23-24-18(27)12-31-20-26-25-19(30-20)11-29-17-8-5-14(21)9-16(17)22/h3-10H,2,11-12H2,1H3,(H,24,27)/b23-10-. The molecule has 0 spiro atoms. The molecule has 1 amide bonds. The van der Waals surface area contributed by atoms with Gasteiger partial charge in [0.05, 0.1) is 23.6 Å². The molecular weight excluding hydrogens is 463 g/mol. The molecule has 3 rings (SSSR count). The molecule has 0 bridgehead atoms. The van der Waals surface area contributed by atoms with Crippen molar-refractivity contribution in [2.75, 3.05) is 12.4 Å². The smallest absolute Gasteiger partial charge is 0.277 e. The maximum absolute atomic E-state index is 11.9. The number of hydrogen-bond acceptors (Lipinski definition) is 8. The van der Waals surface area contributed by atoms with Crippen molar-refractivity contribution < 1.29 is 18.7 Å². The van der Waals surface area contributed by atoms with Crippen molar-refractivity contribution in [3.8, 4) is 11.5 Å². The lowest BCUT2D eigenvalue weighted by molar-refractivity contribution is -0.118. The van der Waals surface area contributed by atoms with Crippen molar-refractivity contribution in [3.63, 3.8) is 0 Å². The highest BCUT2D eigenvalue weighted by Crippen LogP contribution is 2.28. The van der Waals surface area contributed by atoms with Crippen molar-refractivity contribution in [1.29, 1.82) is 0 Å². The molecule has 3 aromatic rings. The van der Waals surface area contributed by atoms with E-state index in [1.807, 2.05) is 31.2 Å². The summed E-state index contributed by atoms with van der Waals surface area (Å²) in [6, 6.07) is 12.2. The summed E-state index contributed by atoms with van der Waals surface area (Å²) >= 11 is 13.0. The van der Waals surface area contributed by atoms with Gasteiger partial charge in [0.1, 0.15) is 11.5 Å². The van der Waals surface area contributed by atoms with Gasteiger partial charge in [0, 0.05) is 5.02 Å². The van der Waals surface area contributed by atoms with Gasteiger partial charge in [0.25, 0.3) is 17.0 Å². The van der Waals surface area contributed by atoms with Crippen LogP contribution in [0.4, 0.5) is 0 Å². The molecule has 0 saturated carbocycles. The average Bonchev–Trinajstić information content (AvgIpc) is 3.21. The van der Waals surface area contributed by atoms with Gasteiger partial charge >= 0.3 is 0 Å². The first-order valence-electron chi connectivity index (χ1n) is 9.11. The summed E-state index contributed by atoms with van der Waals surface area (Å²) < 4.78 is 16.3. The minimum Gasteiger partial charge on any atom is -0.494 e. The number of thioether (sulfide) groups is 1. The Labute approximate surface area is 192 Å². The summed E-state index contributed by atoms with van der Waals surface area (Å²) in [5, 5.41) is 12.8. The molecule has 0 radical (unpaired) electrons. The number of ether oxygens (including phenoxy) is 2. The van der Waals surface area contributed by atoms with E-state index in [0.717, 1.165) is 23.1 Å². The molecule has 11 heteroatoms. The zero-order chi connectivity index (χ0) is 22.1. The summed E-state index contributed by atoms with van der Waals surface area (Å²) in [5.41, 5.74) is 3.28. The van der Waals surface area contributed by atoms with Crippen molar-refractivity contribution >= 4 is 47.1 Å². The summed E-state index contributed by atoms with van der Waals surface area (Å²) in [6.07, 6.45) is 1.54. The SMILES string of the molecule is CCOc1ccc(/C=N\NC(=O)CSc2nnc(COc3ccc(Cl)cc3Cl)o2)cc1. The second-order valence-corrected chi connectivity index (χ2v) is 7.68. The van der Waals surface area contributed by atoms with E-state index in [2.05, 4.69) is 20.7 Å². The second-order valence-electron chi connectivity index (χ2n) is 5.91. The highest BCUT2D eigenvalue weighted by Gasteiger charge is 2.11. The van der Waals surface area contributed by atoms with Crippen LogP contribution in [0.3, 0.4) is 0 Å². The molecule has 2 aromatic carbocycles. The van der Waals surface area contributed by atoms with E-state index in [0.29, 0.717) is 22.4 Å². The number of hydrogen-bond donors (Lipinski definition) is 1. The molecule has 0 saturated heterocycles. The number of halogens is 2. The van der Waals surface area contributed by atoms with Gasteiger partial charge in [-0.25, -0.2) is 5.43 Å². The fourth-order valence-electron chi connectivity index (χ4n) is 2.24. The lowest BCUT2D eigenvalue weighted by Crippen LogP contribution is -2.19. The summed E-state index contributed by atoms with van der Waals surface area (Å²) in [4.78, 5) is 11.9. The van der Waals surface area contributed by atoms with Crippen molar-refractivity contribution in [2.45, 2.75) is 18.8 Å². The molecule has 31 heavy (non-hydrogen) atoms. The average molecular weight is 481 g/mol. The largest absolute Gasteiger partial charge is 0.494 e. The molecule has 0 aliphatic heterocycles. The van der Waals surface area contributed by atoms with Crippen LogP contribution in [0, 0.1) is 0 Å². The molecule has 0 unspecified atom stereocenters. The molecule has 0 aliphatic rings. The van der Waals surface area contributed by atoms with Crippen LogP contribution in [0.15, 0.2) is 57.2 Å². The third-order valence-corrected chi connectivity index (χ3v) is 4.96. The summed E-state index contributed by atoms with van der Waals surface area (Å²) in [7, 11) is 0. The quantitative estimate of drug-likeness (QED) is 0.257. The first kappa shape index (κ1) is 22.9. The third-order valence-electron chi connectivity index (χ3n) is 3.61. The topological polar surface area (TPSA) is 98.8 Å². The van der Waals surface area contributed by atoms with Crippen LogP contribution in [0.2, 0.25) is 10.0 Å². The fourth-order valence-corrected chi connectivity index (χ4v) is 3.28. The zero-order valence-corrected chi connectivity index (χ0v) is 18.7. The van der Waals surface area contributed by atoms with Gasteiger partial charge in [-0.05, 0) is 55.0 Å². The van der Waals surface area contributed by atoms with Gasteiger partial charge in [-0.3, -0.25) is 4.79 Å². The van der Waals surface area contributed by atoms with E-state index >= 15 is 0 Å². The van der Waals surface area contributed by atoms with E-state index < -0.39 is 0 Å². The molecule has 8 nitrogen and oxygen atoms in total. The first-order valence-corrected chi connectivity index (χ1v) is 10.9. The number of hydrazone groups is 1. The van der Waals surface area contributed by atoms with E-state index in [4.69, 9.17) is 37.1 Å². The van der Waals surface area contributed by atoms with Crippen molar-refractivity contribution in [2.24, 2.45) is 5.10 Å². The predicted molar refractivity (Wildman–Crippen MR) is 119 cm³/mol. The maximum atomic E-state index is 11.9. The van der Waals surface area contributed by atoms with Crippen LogP contribution in [0.5, 0.6) is 11.5 Å². The van der Waals surface area contributed by atoms with Gasteiger partial charge in [0.2, 0.25) is 0 Å². The Balaban J connectivity index is 1.40. The lowest BCUT2D eigenvalue weighted by Gasteiger charge is -2.05. The van der Waals surface area contributed by atoms with Crippen LogP contribution < -0.4 is 14.9 Å². The van der Waals surface area contributed by atoms with E-state index in [-0.39, 0.29) is 29.4 Å². The van der Waals surface area contributed by atoms with Crippen LogP contribution in [0.1, 0.15) is 18.4 Å². The van der Waals surface area contributed by atoms with Crippen molar-refractivity contribution in [1.82, 2.24) is 15.6 Å². The van der Waals surface area contributed by atoms with Gasteiger partial charge in [0.15, 0.2) is 6.61 Å². The molecule has 0 atom stereocenters. The number of benzene rings is 2. The fraction of sp³-hybridized carbons (Fsp3) is 0.200. The van der Waals surface area contributed by atoms with Crippen LogP contribution in [-0.2, 0) is 11.4 Å². The number of nitrogens with zero attached hydrogens (tertiary/aromatic N) is 3. The Morgan fingerprint density at radius 1 is 1.19 bits per heavy atom. The highest BCUT2D eigenvalue weighted by molar-refractivity contribution is 7.99. The highest BCUT2D eigenvalue weighted by atomic mass is 35.5. The molecule has 0 fully saturated rings. The van der Waals surface area contributed by atoms with E-state index in [9.17, 15) is 4.79 Å². The Hall–Kier alpha value is -2.75. The zero-order valence-electron chi connectivity index (χ0n) is 16.4. The van der Waals surface area contributed by atoms with Crippen LogP contribution >= 0.6 is 35.0 Å². The van der Waals surface area contributed by atoms with Gasteiger partial charge in [-0.15, -0.1) is 10.2 Å². The van der Waals surface area contributed by atoms with E-state index in [1.54, 1.807) is 24.4 Å². The predicted octanol–water partition coefficient (Wildman–Crippen LogP) is 4.60. The Bertz CT molecular complexity index is 1040. The van der Waals surface area contributed by atoms with Crippen LogP contribution in [-0.4, -0.2) is 34.7 Å². The second kappa shape index (κ2) is 11.6. The van der Waals surface area contributed by atoms with Crippen LogP contribution in [0.25, 0.3) is 0 Å². The minimum atomic E-state index is -0.309. The maximum Gasteiger partial charge on any atom is 0.277 e. The monoisotopic (exact) mass is 480 g/mol. The summed E-state index contributed by atoms with van der Waals surface area (Å²) in [5.74, 6) is 1.23. The number of nitrogens with one attached hydrogen (secondary N) is 1. The Morgan fingerprint density at radius 3 is 2.74 bits per heavy atom. The number of carbonyl (C=O) groups excluding carboxylic acids is 1. The molecular formula is C20H18Cl2N4O4S. The number of amides is 1. The summed E-state index contributed by atoms with van der Waals surface area (Å²) in [6.45, 7) is 2.56. The number of aromatic nitrogens is 2. The Kier molecular flexibility index (Phi) is 8.57. The molecule has 162 valence electrons. The third kappa shape index (κ3) is 7.46. The van der Waals surface area contributed by atoms with Crippen molar-refractivity contribution in [3.05, 3.63) is 64.0 Å². The van der Waals surface area contributed by atoms with Gasteiger partial charge in [-0.2, -0.15) is 5.10 Å². The van der Waals surface area contributed by atoms with Gasteiger partial charge < -0.3 is 13.9 Å². The molecule has 1 heterocycles. The number of rotatable bonds is 10. The van der Waals surface area contributed by atoms with E-state index in [1.165, 1.54) is 0 Å². The first-order chi connectivity index (χ1) is 15.0. The number of carbonyl (C=O) groups is 1. The molecule has 1 N–H and O–H groups in total. The molecule has 1 aromatic heterocycles. The van der Waals surface area contributed by atoms with Gasteiger partial charge in [-0.1, -0.05) is 35.0 Å². The molecule has 0 aliphatic carbocycles. The Morgan fingerprint density at radius 2 is 2.00 bits per heavy atom. The lowest BCUT2D eigenvalue weighted by atomic mass is 10.2. The minimum absolute atomic E-state index is 0.0352. The normalized spacial score (nSPS) is 10.9.